The molecule has 6 nitrogen and oxygen atoms in total. The number of aromatic nitrogens is 2. The Balaban J connectivity index is 1.54. The van der Waals surface area contributed by atoms with Crippen molar-refractivity contribution in [2.45, 2.75) is 16.1 Å². The lowest BCUT2D eigenvalue weighted by molar-refractivity contribution is -0.132. The maximum atomic E-state index is 13.3. The highest BCUT2D eigenvalue weighted by Crippen LogP contribution is 2.45. The maximum absolute atomic E-state index is 13.3. The average Bonchev–Trinajstić information content (AvgIpc) is 3.47. The molecule has 0 saturated carbocycles. The molecule has 1 fully saturated rings. The topological polar surface area (TPSA) is 83.4 Å². The fourth-order valence-corrected chi connectivity index (χ4v) is 6.65. The molecule has 4 aromatic rings. The highest BCUT2D eigenvalue weighted by Gasteiger charge is 2.48. The van der Waals surface area contributed by atoms with Crippen LogP contribution in [0.15, 0.2) is 76.6 Å². The minimum Gasteiger partial charge on any atom is -0.507 e. The number of halogens is 4. The molecule has 0 aliphatic carbocycles. The van der Waals surface area contributed by atoms with E-state index in [2.05, 4.69) is 10.2 Å². The van der Waals surface area contributed by atoms with E-state index < -0.39 is 17.7 Å². The first-order valence-corrected chi connectivity index (χ1v) is 14.3. The summed E-state index contributed by atoms with van der Waals surface area (Å²) in [5, 5.41) is 21.4. The Morgan fingerprint density at radius 2 is 1.68 bits per heavy atom. The number of aliphatic hydroxyl groups excluding tert-OH is 1. The van der Waals surface area contributed by atoms with E-state index in [1.54, 1.807) is 60.7 Å². The summed E-state index contributed by atoms with van der Waals surface area (Å²) in [6.07, 6.45) is 0. The number of ketones is 1. The lowest BCUT2D eigenvalue weighted by atomic mass is 9.95. The van der Waals surface area contributed by atoms with Crippen LogP contribution in [0, 0.1) is 0 Å². The molecule has 1 unspecified atom stereocenters. The number of rotatable bonds is 6. The van der Waals surface area contributed by atoms with Crippen molar-refractivity contribution in [1.29, 1.82) is 0 Å². The van der Waals surface area contributed by atoms with E-state index in [-0.39, 0.29) is 21.5 Å². The van der Waals surface area contributed by atoms with Crippen molar-refractivity contribution >= 4 is 92.1 Å². The molecule has 12 heteroatoms. The third kappa shape index (κ3) is 5.30. The van der Waals surface area contributed by atoms with E-state index in [1.807, 2.05) is 6.07 Å². The fourth-order valence-electron chi connectivity index (χ4n) is 3.92. The molecule has 1 aromatic heterocycles. The Morgan fingerprint density at radius 3 is 2.39 bits per heavy atom. The number of carbonyl (C=O) groups excluding carboxylic acids is 2. The molecule has 1 aliphatic heterocycles. The van der Waals surface area contributed by atoms with Crippen LogP contribution >= 0.6 is 69.5 Å². The molecule has 0 spiro atoms. The molecule has 2 heterocycles. The van der Waals surface area contributed by atoms with Gasteiger partial charge in [0.25, 0.3) is 5.78 Å². The molecule has 5 rings (SSSR count). The van der Waals surface area contributed by atoms with Gasteiger partial charge in [-0.25, -0.2) is 0 Å². The summed E-state index contributed by atoms with van der Waals surface area (Å²) in [4.78, 5) is 27.8. The van der Waals surface area contributed by atoms with Gasteiger partial charge in [-0.2, -0.15) is 0 Å². The molecule has 1 atom stereocenters. The standard InChI is InChI=1S/C26H15Cl4N3O3S2/c27-16-8-6-15(18(29)11-16)12-37-26-32-31-25(38-26)33-21(14-7-9-17(28)19(30)10-14)20(23(35)24(33)36)22(34)13-4-2-1-3-5-13/h1-11,21,34H,12H2/b22-20-. The largest absolute Gasteiger partial charge is 0.507 e. The van der Waals surface area contributed by atoms with Crippen molar-refractivity contribution in [3.05, 3.63) is 109 Å². The molecular formula is C26H15Cl4N3O3S2. The SMILES string of the molecule is O=C1C(=O)N(c2nnc(SCc3ccc(Cl)cc3Cl)s2)C(c2ccc(Cl)c(Cl)c2)/C1=C(/O)c1ccccc1. The normalized spacial score (nSPS) is 16.8. The van der Waals surface area contributed by atoms with Crippen LogP contribution in [0.25, 0.3) is 5.76 Å². The number of nitrogens with zero attached hydrogens (tertiary/aromatic N) is 3. The third-order valence-corrected chi connectivity index (χ3v) is 9.15. The lowest BCUT2D eigenvalue weighted by Gasteiger charge is -2.22. The lowest BCUT2D eigenvalue weighted by Crippen LogP contribution is -2.29. The van der Waals surface area contributed by atoms with Gasteiger partial charge in [0.15, 0.2) is 4.34 Å². The zero-order valence-corrected chi connectivity index (χ0v) is 23.7. The first kappa shape index (κ1) is 27.0. The van der Waals surface area contributed by atoms with E-state index in [1.165, 1.54) is 16.7 Å². The van der Waals surface area contributed by atoms with Crippen molar-refractivity contribution < 1.29 is 14.7 Å². The van der Waals surface area contributed by atoms with Gasteiger partial charge in [0.05, 0.1) is 21.7 Å². The number of carbonyl (C=O) groups is 2. The zero-order chi connectivity index (χ0) is 27.0. The van der Waals surface area contributed by atoms with E-state index in [9.17, 15) is 14.7 Å². The van der Waals surface area contributed by atoms with Gasteiger partial charge in [0.1, 0.15) is 5.76 Å². The zero-order valence-electron chi connectivity index (χ0n) is 19.1. The average molecular weight is 623 g/mol. The number of aliphatic hydroxyl groups is 1. The molecule has 1 aliphatic rings. The van der Waals surface area contributed by atoms with Crippen molar-refractivity contribution in [2.24, 2.45) is 0 Å². The summed E-state index contributed by atoms with van der Waals surface area (Å²) in [6, 6.07) is 17.5. The Kier molecular flexibility index (Phi) is 8.00. The molecule has 1 N–H and O–H groups in total. The number of anilines is 1. The van der Waals surface area contributed by atoms with Gasteiger partial charge in [0, 0.05) is 21.4 Å². The molecule has 192 valence electrons. The van der Waals surface area contributed by atoms with Crippen molar-refractivity contribution in [3.8, 4) is 0 Å². The summed E-state index contributed by atoms with van der Waals surface area (Å²) >= 11 is 27.2. The predicted octanol–water partition coefficient (Wildman–Crippen LogP) is 8.07. The summed E-state index contributed by atoms with van der Waals surface area (Å²) in [7, 11) is 0. The second-order valence-corrected chi connectivity index (χ2v) is 11.9. The molecule has 0 bridgehead atoms. The van der Waals surface area contributed by atoms with Crippen molar-refractivity contribution in [2.75, 3.05) is 4.90 Å². The van der Waals surface area contributed by atoms with E-state index in [0.717, 1.165) is 16.9 Å². The highest BCUT2D eigenvalue weighted by atomic mass is 35.5. The number of hydrogen-bond acceptors (Lipinski definition) is 7. The predicted molar refractivity (Wildman–Crippen MR) is 154 cm³/mol. The van der Waals surface area contributed by atoms with Gasteiger partial charge in [-0.3, -0.25) is 14.5 Å². The second-order valence-electron chi connectivity index (χ2n) is 8.08. The number of thioether (sulfide) groups is 1. The summed E-state index contributed by atoms with van der Waals surface area (Å²) in [5.74, 6) is -1.50. The molecule has 0 radical (unpaired) electrons. The van der Waals surface area contributed by atoms with E-state index >= 15 is 0 Å². The van der Waals surface area contributed by atoms with Crippen LogP contribution in [0.1, 0.15) is 22.7 Å². The van der Waals surface area contributed by atoms with Crippen LogP contribution in [0.4, 0.5) is 5.13 Å². The third-order valence-electron chi connectivity index (χ3n) is 5.72. The quantitative estimate of drug-likeness (QED) is 0.0769. The van der Waals surface area contributed by atoms with Gasteiger partial charge in [0.2, 0.25) is 5.13 Å². The summed E-state index contributed by atoms with van der Waals surface area (Å²) < 4.78 is 0.559. The number of benzene rings is 3. The monoisotopic (exact) mass is 621 g/mol. The van der Waals surface area contributed by atoms with Crippen LogP contribution in [0.2, 0.25) is 20.1 Å². The van der Waals surface area contributed by atoms with Gasteiger partial charge in [-0.1, -0.05) is 112 Å². The van der Waals surface area contributed by atoms with Gasteiger partial charge < -0.3 is 5.11 Å². The van der Waals surface area contributed by atoms with Crippen LogP contribution in [-0.2, 0) is 15.3 Å². The first-order valence-electron chi connectivity index (χ1n) is 11.0. The Hall–Kier alpha value is -2.59. The second kappa shape index (κ2) is 11.3. The fraction of sp³-hybridized carbons (Fsp3) is 0.0769. The maximum Gasteiger partial charge on any atom is 0.301 e. The van der Waals surface area contributed by atoms with Crippen LogP contribution in [0.3, 0.4) is 0 Å². The molecule has 1 amide bonds. The van der Waals surface area contributed by atoms with Gasteiger partial charge >= 0.3 is 5.91 Å². The minimum atomic E-state index is -0.999. The Morgan fingerprint density at radius 1 is 0.921 bits per heavy atom. The molecular weight excluding hydrogens is 608 g/mol. The number of Topliss-reactive ketones (excluding diaryl/α,β-unsaturated/α-hetero) is 1. The van der Waals surface area contributed by atoms with Gasteiger partial charge in [-0.15, -0.1) is 10.2 Å². The molecule has 38 heavy (non-hydrogen) atoms. The van der Waals surface area contributed by atoms with Crippen molar-refractivity contribution in [1.82, 2.24) is 10.2 Å². The number of hydrogen-bond donors (Lipinski definition) is 1. The van der Waals surface area contributed by atoms with E-state index in [0.29, 0.717) is 36.3 Å². The molecule has 3 aromatic carbocycles. The first-order chi connectivity index (χ1) is 18.2. The highest BCUT2D eigenvalue weighted by molar-refractivity contribution is 8.00. The van der Waals surface area contributed by atoms with Crippen LogP contribution in [0.5, 0.6) is 0 Å². The van der Waals surface area contributed by atoms with Crippen LogP contribution < -0.4 is 4.90 Å². The van der Waals surface area contributed by atoms with E-state index in [4.69, 9.17) is 46.4 Å². The summed E-state index contributed by atoms with van der Waals surface area (Å²) in [6.45, 7) is 0. The van der Waals surface area contributed by atoms with Crippen molar-refractivity contribution in [3.63, 3.8) is 0 Å². The minimum absolute atomic E-state index is 0.0862. The number of amides is 1. The Labute approximate surface area is 245 Å². The smallest absolute Gasteiger partial charge is 0.301 e. The summed E-state index contributed by atoms with van der Waals surface area (Å²) in [5.41, 5.74) is 1.64. The molecule has 1 saturated heterocycles. The Bertz CT molecular complexity index is 1590. The van der Waals surface area contributed by atoms with Gasteiger partial charge in [-0.05, 0) is 35.4 Å². The van der Waals surface area contributed by atoms with Crippen LogP contribution in [-0.4, -0.2) is 27.0 Å².